The van der Waals surface area contributed by atoms with Crippen LogP contribution in [0.4, 0.5) is 11.4 Å². The highest BCUT2D eigenvalue weighted by molar-refractivity contribution is 8.00. The third-order valence-electron chi connectivity index (χ3n) is 5.36. The molecule has 0 radical (unpaired) electrons. The van der Waals surface area contributed by atoms with Crippen molar-refractivity contribution in [2.24, 2.45) is 5.92 Å². The summed E-state index contributed by atoms with van der Waals surface area (Å²) in [7, 11) is 1.59. The minimum absolute atomic E-state index is 0.0336. The molecule has 2 amide bonds. The Bertz CT molecular complexity index is 901. The summed E-state index contributed by atoms with van der Waals surface area (Å²) in [5, 5.41) is 0.453. The fourth-order valence-electron chi connectivity index (χ4n) is 3.89. The molecule has 0 spiro atoms. The zero-order valence-corrected chi connectivity index (χ0v) is 16.9. The maximum Gasteiger partial charge on any atom is 0.232 e. The number of carbonyl (C=O) groups excluding carboxylic acids is 2. The highest BCUT2D eigenvalue weighted by atomic mass is 32.2. The first-order valence-corrected chi connectivity index (χ1v) is 10.5. The van der Waals surface area contributed by atoms with E-state index in [1.807, 2.05) is 59.1 Å². The minimum atomic E-state index is -0.344. The summed E-state index contributed by atoms with van der Waals surface area (Å²) in [5.74, 6) is 0.305. The molecule has 5 nitrogen and oxygen atoms in total. The first-order valence-electron chi connectivity index (χ1n) is 9.59. The van der Waals surface area contributed by atoms with E-state index in [4.69, 9.17) is 4.74 Å². The van der Waals surface area contributed by atoms with Crippen molar-refractivity contribution in [2.75, 3.05) is 30.0 Å². The summed E-state index contributed by atoms with van der Waals surface area (Å²) in [4.78, 5) is 30.8. The van der Waals surface area contributed by atoms with Crippen LogP contribution in [0.1, 0.15) is 19.8 Å². The van der Waals surface area contributed by atoms with Gasteiger partial charge in [0.1, 0.15) is 5.75 Å². The average molecular weight is 397 g/mol. The number of nitrogens with zero attached hydrogens (tertiary/aromatic N) is 2. The smallest absolute Gasteiger partial charge is 0.232 e. The highest BCUT2D eigenvalue weighted by Gasteiger charge is 2.39. The Hall–Kier alpha value is -2.47. The number of hydrogen-bond acceptors (Lipinski definition) is 4. The SMILES string of the molecule is COc1ccccc1N1C[C@@H](C(=O)N2CC[C@@H](C)Sc3ccccc32)CC1=O. The number of benzene rings is 2. The Morgan fingerprint density at radius 1 is 1.11 bits per heavy atom. The van der Waals surface area contributed by atoms with Gasteiger partial charge in [-0.2, -0.15) is 0 Å². The maximum absolute atomic E-state index is 13.4. The van der Waals surface area contributed by atoms with Crippen molar-refractivity contribution >= 4 is 35.0 Å². The molecule has 28 heavy (non-hydrogen) atoms. The van der Waals surface area contributed by atoms with Gasteiger partial charge in [-0.3, -0.25) is 9.59 Å². The molecule has 6 heteroatoms. The standard InChI is InChI=1S/C22H24N2O3S/c1-15-11-12-23(18-8-4-6-10-20(18)28-15)22(26)16-13-21(25)24(14-16)17-7-3-5-9-19(17)27-2/h3-10,15-16H,11-14H2,1-2H3/t15-,16+/m1/s1. The number of carbonyl (C=O) groups is 2. The molecule has 4 rings (SSSR count). The fourth-order valence-corrected chi connectivity index (χ4v) is 5.01. The maximum atomic E-state index is 13.4. The van der Waals surface area contributed by atoms with E-state index in [1.165, 1.54) is 0 Å². The number of fused-ring (bicyclic) bond motifs is 1. The third kappa shape index (κ3) is 3.49. The second-order valence-electron chi connectivity index (χ2n) is 7.25. The van der Waals surface area contributed by atoms with Crippen molar-refractivity contribution in [3.63, 3.8) is 0 Å². The summed E-state index contributed by atoms with van der Waals surface area (Å²) in [6.07, 6.45) is 1.17. The summed E-state index contributed by atoms with van der Waals surface area (Å²) in [5.41, 5.74) is 1.69. The number of methoxy groups -OCH3 is 1. The van der Waals surface area contributed by atoms with Gasteiger partial charge < -0.3 is 14.5 Å². The zero-order valence-electron chi connectivity index (χ0n) is 16.1. The molecule has 2 aromatic rings. The van der Waals surface area contributed by atoms with Crippen LogP contribution in [-0.2, 0) is 9.59 Å². The molecule has 0 aliphatic carbocycles. The van der Waals surface area contributed by atoms with Gasteiger partial charge in [0.25, 0.3) is 0 Å². The quantitative estimate of drug-likeness (QED) is 0.788. The number of anilines is 2. The van der Waals surface area contributed by atoms with Gasteiger partial charge in [-0.05, 0) is 30.7 Å². The van der Waals surface area contributed by atoms with Gasteiger partial charge in [-0.15, -0.1) is 11.8 Å². The van der Waals surface area contributed by atoms with Crippen LogP contribution in [0.25, 0.3) is 0 Å². The molecule has 0 aromatic heterocycles. The van der Waals surface area contributed by atoms with Crippen molar-refractivity contribution in [3.8, 4) is 5.75 Å². The molecular weight excluding hydrogens is 372 g/mol. The molecule has 1 fully saturated rings. The normalized spacial score (nSPS) is 22.0. The summed E-state index contributed by atoms with van der Waals surface area (Å²) in [6.45, 7) is 3.26. The number of hydrogen-bond donors (Lipinski definition) is 0. The van der Waals surface area contributed by atoms with Gasteiger partial charge in [0.05, 0.1) is 24.4 Å². The molecule has 2 aromatic carbocycles. The van der Waals surface area contributed by atoms with E-state index < -0.39 is 0 Å². The zero-order chi connectivity index (χ0) is 19.7. The Balaban J connectivity index is 1.59. The molecule has 1 saturated heterocycles. The van der Waals surface area contributed by atoms with Gasteiger partial charge in [0, 0.05) is 29.7 Å². The highest BCUT2D eigenvalue weighted by Crippen LogP contribution is 2.39. The van der Waals surface area contributed by atoms with Gasteiger partial charge >= 0.3 is 0 Å². The predicted octanol–water partition coefficient (Wildman–Crippen LogP) is 3.97. The van der Waals surface area contributed by atoms with Crippen LogP contribution in [0.15, 0.2) is 53.4 Å². The molecule has 0 bridgehead atoms. The number of ether oxygens (including phenoxy) is 1. The Morgan fingerprint density at radius 3 is 2.61 bits per heavy atom. The summed E-state index contributed by atoms with van der Waals surface area (Å²) < 4.78 is 5.40. The van der Waals surface area contributed by atoms with Crippen molar-refractivity contribution in [1.29, 1.82) is 0 Å². The van der Waals surface area contributed by atoms with E-state index in [9.17, 15) is 9.59 Å². The number of thioether (sulfide) groups is 1. The van der Waals surface area contributed by atoms with E-state index in [1.54, 1.807) is 12.0 Å². The van der Waals surface area contributed by atoms with Crippen LogP contribution in [-0.4, -0.2) is 37.3 Å². The van der Waals surface area contributed by atoms with Gasteiger partial charge in [0.2, 0.25) is 11.8 Å². The van der Waals surface area contributed by atoms with Crippen LogP contribution in [0.5, 0.6) is 5.75 Å². The van der Waals surface area contributed by atoms with Crippen LogP contribution in [0.2, 0.25) is 0 Å². The third-order valence-corrected chi connectivity index (χ3v) is 6.60. The number of rotatable bonds is 3. The Kier molecular flexibility index (Phi) is 5.31. The monoisotopic (exact) mass is 396 g/mol. The van der Waals surface area contributed by atoms with Gasteiger partial charge in [0.15, 0.2) is 0 Å². The fraction of sp³-hybridized carbons (Fsp3) is 0.364. The van der Waals surface area contributed by atoms with E-state index in [0.29, 0.717) is 24.1 Å². The largest absolute Gasteiger partial charge is 0.495 e. The van der Waals surface area contributed by atoms with E-state index in [2.05, 4.69) is 13.0 Å². The molecule has 2 heterocycles. The van der Waals surface area contributed by atoms with Crippen molar-refractivity contribution in [3.05, 3.63) is 48.5 Å². The predicted molar refractivity (Wildman–Crippen MR) is 112 cm³/mol. The van der Waals surface area contributed by atoms with Gasteiger partial charge in [-0.1, -0.05) is 31.2 Å². The van der Waals surface area contributed by atoms with Crippen molar-refractivity contribution in [1.82, 2.24) is 0 Å². The molecular formula is C22H24N2O3S. The topological polar surface area (TPSA) is 49.9 Å². The lowest BCUT2D eigenvalue weighted by Gasteiger charge is -2.25. The van der Waals surface area contributed by atoms with E-state index in [-0.39, 0.29) is 24.2 Å². The lowest BCUT2D eigenvalue weighted by atomic mass is 10.1. The Labute approximate surface area is 169 Å². The molecule has 0 unspecified atom stereocenters. The number of amides is 2. The Morgan fingerprint density at radius 2 is 1.82 bits per heavy atom. The molecule has 2 atom stereocenters. The van der Waals surface area contributed by atoms with Crippen LogP contribution >= 0.6 is 11.8 Å². The average Bonchev–Trinajstić information content (AvgIpc) is 3.01. The lowest BCUT2D eigenvalue weighted by molar-refractivity contribution is -0.124. The first kappa shape index (κ1) is 18.9. The van der Waals surface area contributed by atoms with Crippen LogP contribution in [0, 0.1) is 5.92 Å². The molecule has 2 aliphatic heterocycles. The second-order valence-corrected chi connectivity index (χ2v) is 8.73. The lowest BCUT2D eigenvalue weighted by Crippen LogP contribution is -2.38. The molecule has 0 N–H and O–H groups in total. The van der Waals surface area contributed by atoms with Crippen molar-refractivity contribution < 1.29 is 14.3 Å². The van der Waals surface area contributed by atoms with Crippen LogP contribution < -0.4 is 14.5 Å². The minimum Gasteiger partial charge on any atom is -0.495 e. The summed E-state index contributed by atoms with van der Waals surface area (Å²) in [6, 6.07) is 15.5. The van der Waals surface area contributed by atoms with Gasteiger partial charge in [-0.25, -0.2) is 0 Å². The van der Waals surface area contributed by atoms with E-state index >= 15 is 0 Å². The number of para-hydroxylation sites is 3. The van der Waals surface area contributed by atoms with E-state index in [0.717, 1.165) is 22.7 Å². The second kappa shape index (κ2) is 7.87. The van der Waals surface area contributed by atoms with Crippen molar-refractivity contribution in [2.45, 2.75) is 29.9 Å². The molecule has 0 saturated carbocycles. The van der Waals surface area contributed by atoms with Crippen LogP contribution in [0.3, 0.4) is 0 Å². The molecule has 2 aliphatic rings. The first-order chi connectivity index (χ1) is 13.6. The molecule has 146 valence electrons. The summed E-state index contributed by atoms with van der Waals surface area (Å²) >= 11 is 1.81.